The SMILES string of the molecule is CCOCCOc1c(Cl)cccc1CO. The van der Waals surface area contributed by atoms with Gasteiger partial charge in [-0.2, -0.15) is 0 Å². The number of hydrogen-bond acceptors (Lipinski definition) is 3. The quantitative estimate of drug-likeness (QED) is 0.762. The Kier molecular flexibility index (Phi) is 5.47. The average Bonchev–Trinajstić information content (AvgIpc) is 2.26. The third-order valence-corrected chi connectivity index (χ3v) is 2.19. The number of hydrogen-bond donors (Lipinski definition) is 1. The zero-order chi connectivity index (χ0) is 11.1. The highest BCUT2D eigenvalue weighted by atomic mass is 35.5. The van der Waals surface area contributed by atoms with Crippen molar-refractivity contribution in [3.05, 3.63) is 28.8 Å². The Morgan fingerprint density at radius 1 is 1.33 bits per heavy atom. The predicted molar refractivity (Wildman–Crippen MR) is 59.4 cm³/mol. The number of ether oxygens (including phenoxy) is 2. The Labute approximate surface area is 94.6 Å². The minimum absolute atomic E-state index is 0.0788. The van der Waals surface area contributed by atoms with Crippen LogP contribution in [0.1, 0.15) is 12.5 Å². The Morgan fingerprint density at radius 2 is 2.13 bits per heavy atom. The second kappa shape index (κ2) is 6.67. The zero-order valence-corrected chi connectivity index (χ0v) is 9.46. The van der Waals surface area contributed by atoms with Crippen molar-refractivity contribution in [1.29, 1.82) is 0 Å². The van der Waals surface area contributed by atoms with Gasteiger partial charge in [0.15, 0.2) is 0 Å². The molecule has 84 valence electrons. The van der Waals surface area contributed by atoms with Gasteiger partial charge in [0.2, 0.25) is 0 Å². The van der Waals surface area contributed by atoms with E-state index in [1.54, 1.807) is 18.2 Å². The average molecular weight is 231 g/mol. The molecule has 0 saturated carbocycles. The van der Waals surface area contributed by atoms with E-state index in [4.69, 9.17) is 26.2 Å². The molecule has 1 rings (SSSR count). The van der Waals surface area contributed by atoms with Crippen LogP contribution >= 0.6 is 11.6 Å². The summed E-state index contributed by atoms with van der Waals surface area (Å²) >= 11 is 5.94. The van der Waals surface area contributed by atoms with E-state index in [1.165, 1.54) is 0 Å². The lowest BCUT2D eigenvalue weighted by atomic mass is 10.2. The van der Waals surface area contributed by atoms with Gasteiger partial charge in [0.1, 0.15) is 12.4 Å². The predicted octanol–water partition coefficient (Wildman–Crippen LogP) is 2.25. The van der Waals surface area contributed by atoms with Crippen LogP contribution in [-0.4, -0.2) is 24.9 Å². The molecule has 0 amide bonds. The monoisotopic (exact) mass is 230 g/mol. The highest BCUT2D eigenvalue weighted by Gasteiger charge is 2.06. The van der Waals surface area contributed by atoms with Gasteiger partial charge in [0, 0.05) is 12.2 Å². The third-order valence-electron chi connectivity index (χ3n) is 1.90. The summed E-state index contributed by atoms with van der Waals surface area (Å²) in [4.78, 5) is 0. The maximum absolute atomic E-state index is 9.08. The molecule has 0 spiro atoms. The first-order valence-corrected chi connectivity index (χ1v) is 5.26. The van der Waals surface area contributed by atoms with Crippen molar-refractivity contribution in [2.75, 3.05) is 19.8 Å². The molecule has 0 aliphatic rings. The lowest BCUT2D eigenvalue weighted by Crippen LogP contribution is -2.08. The molecule has 1 aromatic carbocycles. The van der Waals surface area contributed by atoms with Crippen LogP contribution in [0, 0.1) is 0 Å². The van der Waals surface area contributed by atoms with Gasteiger partial charge in [-0.05, 0) is 13.0 Å². The topological polar surface area (TPSA) is 38.7 Å². The number of aliphatic hydroxyl groups is 1. The van der Waals surface area contributed by atoms with E-state index in [9.17, 15) is 0 Å². The summed E-state index contributed by atoms with van der Waals surface area (Å²) in [7, 11) is 0. The highest BCUT2D eigenvalue weighted by Crippen LogP contribution is 2.28. The Bertz CT molecular complexity index is 302. The molecule has 0 aromatic heterocycles. The first-order valence-electron chi connectivity index (χ1n) is 4.88. The second-order valence-corrected chi connectivity index (χ2v) is 3.34. The Morgan fingerprint density at radius 3 is 2.80 bits per heavy atom. The van der Waals surface area contributed by atoms with Crippen molar-refractivity contribution in [3.8, 4) is 5.75 Å². The molecule has 0 aliphatic heterocycles. The van der Waals surface area contributed by atoms with Crippen LogP contribution in [0.15, 0.2) is 18.2 Å². The van der Waals surface area contributed by atoms with Gasteiger partial charge in [0.05, 0.1) is 18.2 Å². The van der Waals surface area contributed by atoms with Gasteiger partial charge < -0.3 is 14.6 Å². The van der Waals surface area contributed by atoms with E-state index in [-0.39, 0.29) is 6.61 Å². The number of benzene rings is 1. The molecule has 0 aliphatic carbocycles. The van der Waals surface area contributed by atoms with Crippen molar-refractivity contribution < 1.29 is 14.6 Å². The highest BCUT2D eigenvalue weighted by molar-refractivity contribution is 6.32. The molecule has 0 unspecified atom stereocenters. The Hall–Kier alpha value is -0.770. The molecule has 3 nitrogen and oxygen atoms in total. The van der Waals surface area contributed by atoms with Crippen LogP contribution in [0.3, 0.4) is 0 Å². The van der Waals surface area contributed by atoms with Crippen LogP contribution in [0.25, 0.3) is 0 Å². The summed E-state index contributed by atoms with van der Waals surface area (Å²) in [5.41, 5.74) is 0.694. The molecule has 0 atom stereocenters. The van der Waals surface area contributed by atoms with Crippen molar-refractivity contribution in [2.24, 2.45) is 0 Å². The van der Waals surface area contributed by atoms with Crippen molar-refractivity contribution in [2.45, 2.75) is 13.5 Å². The fourth-order valence-corrected chi connectivity index (χ4v) is 1.44. The first kappa shape index (κ1) is 12.3. The summed E-state index contributed by atoms with van der Waals surface area (Å²) in [5.74, 6) is 0.543. The summed E-state index contributed by atoms with van der Waals surface area (Å²) in [6.07, 6.45) is 0. The van der Waals surface area contributed by atoms with Crippen molar-refractivity contribution in [3.63, 3.8) is 0 Å². The van der Waals surface area contributed by atoms with Gasteiger partial charge in [-0.3, -0.25) is 0 Å². The maximum atomic E-state index is 9.08. The van der Waals surface area contributed by atoms with Gasteiger partial charge in [0.25, 0.3) is 0 Å². The summed E-state index contributed by atoms with van der Waals surface area (Å²) in [5, 5.41) is 9.59. The molecule has 1 N–H and O–H groups in total. The van der Waals surface area contributed by atoms with Crippen molar-refractivity contribution >= 4 is 11.6 Å². The van der Waals surface area contributed by atoms with E-state index >= 15 is 0 Å². The summed E-state index contributed by atoms with van der Waals surface area (Å²) < 4.78 is 10.6. The van der Waals surface area contributed by atoms with Crippen molar-refractivity contribution in [1.82, 2.24) is 0 Å². The summed E-state index contributed by atoms with van der Waals surface area (Å²) in [6.45, 7) is 3.47. The molecule has 0 heterocycles. The van der Waals surface area contributed by atoms with E-state index in [1.807, 2.05) is 6.92 Å². The van der Waals surface area contributed by atoms with E-state index in [2.05, 4.69) is 0 Å². The van der Waals surface area contributed by atoms with Gasteiger partial charge >= 0.3 is 0 Å². The van der Waals surface area contributed by atoms with Gasteiger partial charge in [-0.1, -0.05) is 23.7 Å². The minimum atomic E-state index is -0.0788. The van der Waals surface area contributed by atoms with E-state index in [0.717, 1.165) is 0 Å². The third kappa shape index (κ3) is 3.70. The Balaban J connectivity index is 2.58. The zero-order valence-electron chi connectivity index (χ0n) is 8.70. The number of para-hydroxylation sites is 1. The van der Waals surface area contributed by atoms with Gasteiger partial charge in [-0.15, -0.1) is 0 Å². The van der Waals surface area contributed by atoms with Crippen LogP contribution in [0.2, 0.25) is 5.02 Å². The number of halogens is 1. The molecule has 0 saturated heterocycles. The number of aliphatic hydroxyl groups excluding tert-OH is 1. The van der Waals surface area contributed by atoms with Gasteiger partial charge in [-0.25, -0.2) is 0 Å². The van der Waals surface area contributed by atoms with E-state index < -0.39 is 0 Å². The van der Waals surface area contributed by atoms with Crippen LogP contribution in [0.5, 0.6) is 5.75 Å². The molecule has 0 fully saturated rings. The maximum Gasteiger partial charge on any atom is 0.143 e. The lowest BCUT2D eigenvalue weighted by Gasteiger charge is -2.11. The fourth-order valence-electron chi connectivity index (χ4n) is 1.19. The molecule has 15 heavy (non-hydrogen) atoms. The van der Waals surface area contributed by atoms with Crippen LogP contribution in [-0.2, 0) is 11.3 Å². The largest absolute Gasteiger partial charge is 0.489 e. The van der Waals surface area contributed by atoms with Crippen LogP contribution in [0.4, 0.5) is 0 Å². The van der Waals surface area contributed by atoms with E-state index in [0.29, 0.717) is 36.2 Å². The summed E-state index contributed by atoms with van der Waals surface area (Å²) in [6, 6.07) is 5.29. The minimum Gasteiger partial charge on any atom is -0.489 e. The molecule has 4 heteroatoms. The normalized spacial score (nSPS) is 10.3. The molecule has 0 bridgehead atoms. The molecular weight excluding hydrogens is 216 g/mol. The fraction of sp³-hybridized carbons (Fsp3) is 0.455. The smallest absolute Gasteiger partial charge is 0.143 e. The molecule has 0 radical (unpaired) electrons. The first-order chi connectivity index (χ1) is 7.29. The van der Waals surface area contributed by atoms with Crippen LogP contribution < -0.4 is 4.74 Å². The second-order valence-electron chi connectivity index (χ2n) is 2.93. The standard InChI is InChI=1S/C11H15ClO3/c1-2-14-6-7-15-11-9(8-13)4-3-5-10(11)12/h3-5,13H,2,6-8H2,1H3. The lowest BCUT2D eigenvalue weighted by molar-refractivity contribution is 0.109. The molecular formula is C11H15ClO3. The number of rotatable bonds is 6. The molecule has 1 aromatic rings.